The van der Waals surface area contributed by atoms with Crippen LogP contribution in [0.15, 0.2) is 39.5 Å². The first-order valence-corrected chi connectivity index (χ1v) is 7.12. The van der Waals surface area contributed by atoms with Crippen LogP contribution in [0.5, 0.6) is 0 Å². The summed E-state index contributed by atoms with van der Waals surface area (Å²) in [5.74, 6) is 0.0291. The molecule has 0 saturated carbocycles. The molecule has 0 spiro atoms. The summed E-state index contributed by atoms with van der Waals surface area (Å²) in [6.45, 7) is 1.34. The zero-order valence-corrected chi connectivity index (χ0v) is 11.6. The minimum Gasteiger partial charge on any atom is -0.422 e. The van der Waals surface area contributed by atoms with Crippen LogP contribution in [0.3, 0.4) is 0 Å². The number of rotatable bonds is 3. The van der Waals surface area contributed by atoms with Gasteiger partial charge in [-0.1, -0.05) is 18.2 Å². The van der Waals surface area contributed by atoms with Gasteiger partial charge in [0.1, 0.15) is 11.1 Å². The fraction of sp³-hybridized carbons (Fsp3) is 0.375. The lowest BCUT2D eigenvalue weighted by Crippen LogP contribution is -2.32. The van der Waals surface area contributed by atoms with E-state index < -0.39 is 5.63 Å². The quantitative estimate of drug-likeness (QED) is 0.871. The molecule has 5 nitrogen and oxygen atoms in total. The van der Waals surface area contributed by atoms with Crippen LogP contribution in [0.1, 0.15) is 23.2 Å². The monoisotopic (exact) mass is 287 g/mol. The van der Waals surface area contributed by atoms with E-state index in [0.29, 0.717) is 31.0 Å². The Bertz CT molecular complexity index is 722. The Balaban J connectivity index is 1.88. The maximum atomic E-state index is 12.5. The summed E-state index contributed by atoms with van der Waals surface area (Å²) < 4.78 is 5.20. The molecule has 1 aliphatic rings. The Kier molecular flexibility index (Phi) is 3.75. The van der Waals surface area contributed by atoms with Crippen LogP contribution in [0.25, 0.3) is 11.0 Å². The molecule has 1 atom stereocenters. The van der Waals surface area contributed by atoms with Crippen molar-refractivity contribution < 1.29 is 14.3 Å². The fourth-order valence-electron chi connectivity index (χ4n) is 2.82. The van der Waals surface area contributed by atoms with Crippen LogP contribution < -0.4 is 5.63 Å². The summed E-state index contributed by atoms with van der Waals surface area (Å²) in [6, 6.07) is 8.74. The summed E-state index contributed by atoms with van der Waals surface area (Å²) in [5, 5.41) is 9.70. The van der Waals surface area contributed by atoms with Gasteiger partial charge < -0.3 is 14.4 Å². The average molecular weight is 287 g/mol. The van der Waals surface area contributed by atoms with Crippen LogP contribution in [0.4, 0.5) is 0 Å². The topological polar surface area (TPSA) is 70.8 Å². The average Bonchev–Trinajstić information content (AvgIpc) is 2.95. The van der Waals surface area contributed by atoms with E-state index in [1.165, 1.54) is 0 Å². The summed E-state index contributed by atoms with van der Waals surface area (Å²) >= 11 is 0. The van der Waals surface area contributed by atoms with Gasteiger partial charge in [-0.2, -0.15) is 0 Å². The molecule has 1 fully saturated rings. The number of fused-ring (bicyclic) bond motifs is 1. The van der Waals surface area contributed by atoms with Gasteiger partial charge in [-0.15, -0.1) is 0 Å². The van der Waals surface area contributed by atoms with E-state index in [1.807, 2.05) is 12.1 Å². The van der Waals surface area contributed by atoms with Crippen LogP contribution in [-0.2, 0) is 0 Å². The predicted octanol–water partition coefficient (Wildman–Crippen LogP) is 1.64. The number of likely N-dealkylation sites (tertiary alicyclic amines) is 1. The molecule has 1 aromatic heterocycles. The molecule has 1 aliphatic heterocycles. The largest absolute Gasteiger partial charge is 0.422 e. The number of aliphatic hydroxyl groups excluding tert-OH is 1. The van der Waals surface area contributed by atoms with Gasteiger partial charge in [0.05, 0.1) is 0 Å². The van der Waals surface area contributed by atoms with Crippen molar-refractivity contribution in [3.05, 3.63) is 46.3 Å². The minimum atomic E-state index is -0.593. The fourth-order valence-corrected chi connectivity index (χ4v) is 2.82. The van der Waals surface area contributed by atoms with Crippen molar-refractivity contribution in [1.82, 2.24) is 4.90 Å². The van der Waals surface area contributed by atoms with Crippen LogP contribution in [-0.4, -0.2) is 35.6 Å². The molecule has 0 bridgehead atoms. The summed E-state index contributed by atoms with van der Waals surface area (Å²) in [5.41, 5.74) is -0.0266. The third kappa shape index (κ3) is 2.69. The number of benzene rings is 1. The highest BCUT2D eigenvalue weighted by Crippen LogP contribution is 2.21. The predicted molar refractivity (Wildman–Crippen MR) is 78.2 cm³/mol. The van der Waals surface area contributed by atoms with Crippen LogP contribution in [0.2, 0.25) is 0 Å². The lowest BCUT2D eigenvalue weighted by atomic mass is 10.1. The Morgan fingerprint density at radius 1 is 1.38 bits per heavy atom. The first kappa shape index (κ1) is 13.8. The van der Waals surface area contributed by atoms with Crippen LogP contribution in [0, 0.1) is 5.92 Å². The zero-order valence-electron chi connectivity index (χ0n) is 11.6. The molecule has 21 heavy (non-hydrogen) atoms. The van der Waals surface area contributed by atoms with E-state index in [-0.39, 0.29) is 18.1 Å². The van der Waals surface area contributed by atoms with Gasteiger partial charge >= 0.3 is 5.63 Å². The molecule has 110 valence electrons. The Labute approximate surface area is 121 Å². The molecule has 1 saturated heterocycles. The van der Waals surface area contributed by atoms with Gasteiger partial charge in [0.2, 0.25) is 0 Å². The van der Waals surface area contributed by atoms with Crippen LogP contribution >= 0.6 is 0 Å². The number of amides is 1. The van der Waals surface area contributed by atoms with E-state index >= 15 is 0 Å². The Hall–Kier alpha value is -2.14. The molecule has 0 radical (unpaired) electrons. The smallest absolute Gasteiger partial charge is 0.349 e. The van der Waals surface area contributed by atoms with Gasteiger partial charge in [0.25, 0.3) is 5.91 Å². The molecule has 5 heteroatoms. The molecule has 1 unspecified atom stereocenters. The number of para-hydroxylation sites is 1. The van der Waals surface area contributed by atoms with Crippen molar-refractivity contribution in [2.45, 2.75) is 12.8 Å². The van der Waals surface area contributed by atoms with Crippen molar-refractivity contribution in [3.8, 4) is 0 Å². The number of aliphatic hydroxyl groups is 1. The molecule has 0 aliphatic carbocycles. The molecule has 1 aromatic carbocycles. The zero-order chi connectivity index (χ0) is 14.8. The van der Waals surface area contributed by atoms with Gasteiger partial charge in [-0.05, 0) is 30.9 Å². The standard InChI is InChI=1S/C16H17NO4/c18-8-6-11-5-7-17(10-11)15(19)13-9-12-3-1-2-4-14(12)21-16(13)20/h1-4,9,11,18H,5-8,10H2. The van der Waals surface area contributed by atoms with Crippen molar-refractivity contribution >= 4 is 16.9 Å². The molecule has 3 rings (SSSR count). The van der Waals surface area contributed by atoms with E-state index in [4.69, 9.17) is 9.52 Å². The number of hydrogen-bond donors (Lipinski definition) is 1. The Morgan fingerprint density at radius 2 is 2.19 bits per heavy atom. The SMILES string of the molecule is O=C(c1cc2ccccc2oc1=O)N1CCC(CCO)C1. The van der Waals surface area contributed by atoms with Crippen molar-refractivity contribution in [2.75, 3.05) is 19.7 Å². The molecule has 2 aromatic rings. The van der Waals surface area contributed by atoms with Gasteiger partial charge in [0, 0.05) is 25.1 Å². The molecule has 1 amide bonds. The third-order valence-electron chi connectivity index (χ3n) is 3.98. The highest BCUT2D eigenvalue weighted by atomic mass is 16.4. The van der Waals surface area contributed by atoms with E-state index in [2.05, 4.69) is 0 Å². The maximum Gasteiger partial charge on any atom is 0.349 e. The van der Waals surface area contributed by atoms with Crippen molar-refractivity contribution in [2.24, 2.45) is 5.92 Å². The first-order chi connectivity index (χ1) is 10.2. The van der Waals surface area contributed by atoms with Crippen molar-refractivity contribution in [3.63, 3.8) is 0 Å². The third-order valence-corrected chi connectivity index (χ3v) is 3.98. The highest BCUT2D eigenvalue weighted by molar-refractivity contribution is 5.96. The molecular weight excluding hydrogens is 270 g/mol. The lowest BCUT2D eigenvalue weighted by molar-refractivity contribution is 0.0780. The summed E-state index contributed by atoms with van der Waals surface area (Å²) in [6.07, 6.45) is 1.56. The van der Waals surface area contributed by atoms with Gasteiger partial charge in [-0.25, -0.2) is 4.79 Å². The maximum absolute atomic E-state index is 12.5. The second kappa shape index (κ2) is 5.69. The first-order valence-electron chi connectivity index (χ1n) is 7.12. The highest BCUT2D eigenvalue weighted by Gasteiger charge is 2.28. The lowest BCUT2D eigenvalue weighted by Gasteiger charge is -2.15. The number of carbonyl (C=O) groups is 1. The van der Waals surface area contributed by atoms with Gasteiger partial charge in [0.15, 0.2) is 0 Å². The Morgan fingerprint density at radius 3 is 3.00 bits per heavy atom. The van der Waals surface area contributed by atoms with E-state index in [9.17, 15) is 9.59 Å². The minimum absolute atomic E-state index is 0.0818. The normalized spacial score (nSPS) is 18.3. The second-order valence-corrected chi connectivity index (χ2v) is 5.40. The molecular formula is C16H17NO4. The number of nitrogens with zero attached hydrogens (tertiary/aromatic N) is 1. The van der Waals surface area contributed by atoms with E-state index in [0.717, 1.165) is 11.8 Å². The van der Waals surface area contributed by atoms with Crippen molar-refractivity contribution in [1.29, 1.82) is 0 Å². The number of carbonyl (C=O) groups excluding carboxylic acids is 1. The molecule has 1 N–H and O–H groups in total. The van der Waals surface area contributed by atoms with Gasteiger partial charge in [-0.3, -0.25) is 4.79 Å². The number of hydrogen-bond acceptors (Lipinski definition) is 4. The summed E-state index contributed by atoms with van der Waals surface area (Å²) in [7, 11) is 0. The van der Waals surface area contributed by atoms with E-state index in [1.54, 1.807) is 23.1 Å². The molecule has 2 heterocycles. The summed E-state index contributed by atoms with van der Waals surface area (Å²) in [4.78, 5) is 26.1. The second-order valence-electron chi connectivity index (χ2n) is 5.40.